The molecule has 0 spiro atoms. The lowest BCUT2D eigenvalue weighted by molar-refractivity contribution is 0.0926. The summed E-state index contributed by atoms with van der Waals surface area (Å²) in [7, 11) is 0. The molecular weight excluding hydrogens is 347 g/mol. The smallest absolute Gasteiger partial charge is 0.268 e. The van der Waals surface area contributed by atoms with Crippen molar-refractivity contribution in [3.8, 4) is 0 Å². The van der Waals surface area contributed by atoms with Crippen LogP contribution in [0.2, 0.25) is 10.0 Å². The number of benzene rings is 2. The van der Waals surface area contributed by atoms with Crippen LogP contribution in [0.5, 0.6) is 0 Å². The van der Waals surface area contributed by atoms with Gasteiger partial charge in [0.2, 0.25) is 0 Å². The molecule has 3 aromatic rings. The van der Waals surface area contributed by atoms with E-state index in [-0.39, 0.29) is 11.8 Å². The van der Waals surface area contributed by atoms with Crippen molar-refractivity contribution in [3.63, 3.8) is 0 Å². The third-order valence-electron chi connectivity index (χ3n) is 4.07. The number of amides is 2. The molecule has 0 N–H and O–H groups in total. The van der Waals surface area contributed by atoms with Crippen molar-refractivity contribution < 1.29 is 9.59 Å². The Labute approximate surface area is 147 Å². The van der Waals surface area contributed by atoms with E-state index >= 15 is 0 Å². The topological polar surface area (TPSA) is 50.3 Å². The summed E-state index contributed by atoms with van der Waals surface area (Å²) in [5.74, 6) is -0.765. The van der Waals surface area contributed by atoms with Gasteiger partial charge in [0.1, 0.15) is 0 Å². The Balaban J connectivity index is 1.99. The van der Waals surface area contributed by atoms with Crippen molar-refractivity contribution in [2.75, 3.05) is 4.90 Å². The lowest BCUT2D eigenvalue weighted by Crippen LogP contribution is -2.29. The number of aromatic nitrogens is 1. The zero-order valence-corrected chi connectivity index (χ0v) is 14.0. The number of carbonyl (C=O) groups excluding carboxylic acids is 2. The molecule has 0 aliphatic carbocycles. The van der Waals surface area contributed by atoms with Crippen LogP contribution in [0.4, 0.5) is 5.69 Å². The van der Waals surface area contributed by atoms with Crippen LogP contribution >= 0.6 is 23.2 Å². The summed E-state index contributed by atoms with van der Waals surface area (Å²) >= 11 is 12.1. The summed E-state index contributed by atoms with van der Waals surface area (Å²) in [4.78, 5) is 31.4. The summed E-state index contributed by atoms with van der Waals surface area (Å²) in [6.45, 7) is 1.71. The average Bonchev–Trinajstić information content (AvgIpc) is 2.82. The molecule has 2 aromatic carbocycles. The van der Waals surface area contributed by atoms with E-state index in [1.807, 2.05) is 0 Å². The Bertz CT molecular complexity index is 1030. The molecule has 118 valence electrons. The van der Waals surface area contributed by atoms with Gasteiger partial charge in [-0.1, -0.05) is 35.3 Å². The van der Waals surface area contributed by atoms with Crippen LogP contribution in [0, 0.1) is 6.92 Å². The van der Waals surface area contributed by atoms with Gasteiger partial charge in [-0.05, 0) is 37.3 Å². The van der Waals surface area contributed by atoms with Gasteiger partial charge in [0.25, 0.3) is 11.8 Å². The normalized spacial score (nSPS) is 13.7. The third-order valence-corrected chi connectivity index (χ3v) is 4.62. The van der Waals surface area contributed by atoms with E-state index in [4.69, 9.17) is 23.2 Å². The monoisotopic (exact) mass is 356 g/mol. The summed E-state index contributed by atoms with van der Waals surface area (Å²) in [5.41, 5.74) is 2.15. The van der Waals surface area contributed by atoms with E-state index in [2.05, 4.69) is 4.98 Å². The molecule has 1 aliphatic rings. The minimum absolute atomic E-state index is 0.324. The minimum Gasteiger partial charge on any atom is -0.268 e. The molecular formula is C18H10Cl2N2O2. The molecule has 1 aromatic heterocycles. The number of halogens is 2. The summed E-state index contributed by atoms with van der Waals surface area (Å²) < 4.78 is 0. The second kappa shape index (κ2) is 5.30. The Hall–Kier alpha value is -2.43. The predicted octanol–water partition coefficient (Wildman–Crippen LogP) is 4.65. The maximum Gasteiger partial charge on any atom is 0.268 e. The van der Waals surface area contributed by atoms with Gasteiger partial charge < -0.3 is 0 Å². The van der Waals surface area contributed by atoms with Gasteiger partial charge in [-0.2, -0.15) is 0 Å². The maximum atomic E-state index is 13.0. The van der Waals surface area contributed by atoms with Gasteiger partial charge in [0.05, 0.1) is 33.0 Å². The molecule has 0 bridgehead atoms. The first-order valence-electron chi connectivity index (χ1n) is 7.22. The standard InChI is InChI=1S/C18H10Cl2N2O2/c1-9-14-15(12-3-2-4-13(20)16(12)21-9)18(24)22(17(14)23)11-7-5-10(19)6-8-11/h2-8H,1H3. The molecule has 6 heteroatoms. The Morgan fingerprint density at radius 3 is 2.29 bits per heavy atom. The van der Waals surface area contributed by atoms with Crippen molar-refractivity contribution in [2.45, 2.75) is 6.92 Å². The highest BCUT2D eigenvalue weighted by atomic mass is 35.5. The molecule has 0 saturated carbocycles. The van der Waals surface area contributed by atoms with Crippen molar-refractivity contribution in [1.82, 2.24) is 4.98 Å². The Morgan fingerprint density at radius 2 is 1.58 bits per heavy atom. The van der Waals surface area contributed by atoms with E-state index in [1.165, 1.54) is 0 Å². The lowest BCUT2D eigenvalue weighted by Gasteiger charge is -2.13. The number of hydrogen-bond donors (Lipinski definition) is 0. The second-order valence-electron chi connectivity index (χ2n) is 5.51. The fourth-order valence-corrected chi connectivity index (χ4v) is 3.34. The summed E-state index contributed by atoms with van der Waals surface area (Å²) in [6.07, 6.45) is 0. The molecule has 4 nitrogen and oxygen atoms in total. The molecule has 0 fully saturated rings. The highest BCUT2D eigenvalue weighted by Crippen LogP contribution is 2.36. The molecule has 0 atom stereocenters. The van der Waals surface area contributed by atoms with Crippen LogP contribution in [0.3, 0.4) is 0 Å². The third kappa shape index (κ3) is 2.04. The minimum atomic E-state index is -0.385. The molecule has 4 rings (SSSR count). The van der Waals surface area contributed by atoms with Gasteiger partial charge >= 0.3 is 0 Å². The number of anilines is 1. The van der Waals surface area contributed by atoms with E-state index in [0.717, 1.165) is 4.90 Å². The summed E-state index contributed by atoms with van der Waals surface area (Å²) in [5, 5.41) is 1.56. The Morgan fingerprint density at radius 1 is 0.917 bits per heavy atom. The Kier molecular flexibility index (Phi) is 3.34. The molecule has 0 unspecified atom stereocenters. The van der Waals surface area contributed by atoms with Gasteiger partial charge in [-0.25, -0.2) is 4.90 Å². The predicted molar refractivity (Wildman–Crippen MR) is 94.1 cm³/mol. The van der Waals surface area contributed by atoms with Gasteiger partial charge in [-0.3, -0.25) is 14.6 Å². The van der Waals surface area contributed by atoms with E-state index in [0.29, 0.717) is 43.5 Å². The molecule has 0 saturated heterocycles. The van der Waals surface area contributed by atoms with Crippen LogP contribution < -0.4 is 4.90 Å². The summed E-state index contributed by atoms with van der Waals surface area (Å²) in [6, 6.07) is 11.8. The highest BCUT2D eigenvalue weighted by molar-refractivity contribution is 6.40. The zero-order chi connectivity index (χ0) is 17.0. The number of fused-ring (bicyclic) bond motifs is 3. The first kappa shape index (κ1) is 15.1. The van der Waals surface area contributed by atoms with E-state index in [1.54, 1.807) is 49.4 Å². The number of rotatable bonds is 1. The van der Waals surface area contributed by atoms with Crippen LogP contribution in [-0.2, 0) is 0 Å². The number of imide groups is 1. The number of nitrogens with zero attached hydrogens (tertiary/aromatic N) is 2. The number of pyridine rings is 1. The molecule has 2 amide bonds. The molecule has 24 heavy (non-hydrogen) atoms. The first-order valence-corrected chi connectivity index (χ1v) is 7.98. The van der Waals surface area contributed by atoms with Crippen molar-refractivity contribution in [2.24, 2.45) is 0 Å². The molecule has 1 aliphatic heterocycles. The van der Waals surface area contributed by atoms with Crippen LogP contribution in [0.1, 0.15) is 26.4 Å². The molecule has 0 radical (unpaired) electrons. The highest BCUT2D eigenvalue weighted by Gasteiger charge is 2.40. The molecule has 2 heterocycles. The van der Waals surface area contributed by atoms with E-state index in [9.17, 15) is 9.59 Å². The van der Waals surface area contributed by atoms with Gasteiger partial charge in [0.15, 0.2) is 0 Å². The van der Waals surface area contributed by atoms with Gasteiger partial charge in [0, 0.05) is 10.4 Å². The fourth-order valence-electron chi connectivity index (χ4n) is 2.99. The van der Waals surface area contributed by atoms with Gasteiger partial charge in [-0.15, -0.1) is 0 Å². The fraction of sp³-hybridized carbons (Fsp3) is 0.0556. The van der Waals surface area contributed by atoms with Crippen LogP contribution in [0.15, 0.2) is 42.5 Å². The van der Waals surface area contributed by atoms with Crippen molar-refractivity contribution in [1.29, 1.82) is 0 Å². The lowest BCUT2D eigenvalue weighted by atomic mass is 10.0. The number of hydrogen-bond acceptors (Lipinski definition) is 3. The van der Waals surface area contributed by atoms with Crippen molar-refractivity contribution in [3.05, 3.63) is 69.3 Å². The largest absolute Gasteiger partial charge is 0.268 e. The number of para-hydroxylation sites is 1. The van der Waals surface area contributed by atoms with E-state index < -0.39 is 0 Å². The van der Waals surface area contributed by atoms with Crippen LogP contribution in [0.25, 0.3) is 10.9 Å². The van der Waals surface area contributed by atoms with Crippen LogP contribution in [-0.4, -0.2) is 16.8 Å². The number of carbonyl (C=O) groups is 2. The quantitative estimate of drug-likeness (QED) is 0.596. The SMILES string of the molecule is Cc1nc2c(Cl)cccc2c2c1C(=O)N(c1ccc(Cl)cc1)C2=O. The maximum absolute atomic E-state index is 13.0. The first-order chi connectivity index (χ1) is 11.5. The number of aryl methyl sites for hydroxylation is 1. The zero-order valence-electron chi connectivity index (χ0n) is 12.5. The average molecular weight is 357 g/mol. The second-order valence-corrected chi connectivity index (χ2v) is 6.35. The van der Waals surface area contributed by atoms with Crippen molar-refractivity contribution >= 4 is 51.6 Å².